The lowest BCUT2D eigenvalue weighted by atomic mass is 10.4. The summed E-state index contributed by atoms with van der Waals surface area (Å²) in [6.45, 7) is 5.32. The molecule has 0 saturated carbocycles. The molecule has 0 unspecified atom stereocenters. The van der Waals surface area contributed by atoms with Crippen LogP contribution in [-0.4, -0.2) is 24.2 Å². The maximum absolute atomic E-state index is 11.2. The fourth-order valence-electron chi connectivity index (χ4n) is 0.991. The first-order valence-corrected chi connectivity index (χ1v) is 4.62. The highest BCUT2D eigenvalue weighted by Crippen LogP contribution is 1.99. The molecular formula is C9H15N3O2. The zero-order valence-corrected chi connectivity index (χ0v) is 8.46. The molecule has 1 aromatic rings. The van der Waals surface area contributed by atoms with Gasteiger partial charge in [-0.3, -0.25) is 4.79 Å². The number of aromatic nitrogens is 1. The van der Waals surface area contributed by atoms with Crippen molar-refractivity contribution in [3.05, 3.63) is 17.5 Å². The molecule has 0 spiro atoms. The number of amides is 1. The number of likely N-dealkylation sites (N-methyl/N-ethyl adjacent to an activating group) is 1. The molecular weight excluding hydrogens is 182 g/mol. The number of nitrogens with one attached hydrogen (secondary N) is 2. The topological polar surface area (TPSA) is 67.2 Å². The van der Waals surface area contributed by atoms with Crippen molar-refractivity contribution < 1.29 is 9.32 Å². The highest BCUT2D eigenvalue weighted by molar-refractivity contribution is 5.77. The largest absolute Gasteiger partial charge is 0.361 e. The summed E-state index contributed by atoms with van der Waals surface area (Å²) in [5, 5.41) is 9.41. The minimum atomic E-state index is -0.0347. The first-order chi connectivity index (χ1) is 6.72. The Bertz CT molecular complexity index is 296. The number of rotatable bonds is 5. The third-order valence-electron chi connectivity index (χ3n) is 1.68. The summed E-state index contributed by atoms with van der Waals surface area (Å²) in [6.07, 6.45) is 0. The van der Waals surface area contributed by atoms with Gasteiger partial charge in [0.1, 0.15) is 11.5 Å². The molecule has 0 aliphatic rings. The van der Waals surface area contributed by atoms with E-state index in [0.29, 0.717) is 13.1 Å². The second-order valence-electron chi connectivity index (χ2n) is 2.99. The second-order valence-corrected chi connectivity index (χ2v) is 2.99. The predicted octanol–water partition coefficient (Wildman–Crippen LogP) is 0.209. The van der Waals surface area contributed by atoms with Crippen molar-refractivity contribution in [2.75, 3.05) is 13.1 Å². The van der Waals surface area contributed by atoms with E-state index >= 15 is 0 Å². The van der Waals surface area contributed by atoms with Crippen LogP contribution in [0.3, 0.4) is 0 Å². The lowest BCUT2D eigenvalue weighted by Gasteiger charge is -2.02. The molecule has 0 fully saturated rings. The van der Waals surface area contributed by atoms with Crippen LogP contribution < -0.4 is 10.6 Å². The lowest BCUT2D eigenvalue weighted by Crippen LogP contribution is -2.33. The van der Waals surface area contributed by atoms with Gasteiger partial charge in [-0.15, -0.1) is 0 Å². The van der Waals surface area contributed by atoms with Gasteiger partial charge in [0.2, 0.25) is 5.91 Å². The van der Waals surface area contributed by atoms with Gasteiger partial charge < -0.3 is 15.2 Å². The van der Waals surface area contributed by atoms with Gasteiger partial charge in [0, 0.05) is 6.07 Å². The van der Waals surface area contributed by atoms with E-state index < -0.39 is 0 Å². The first kappa shape index (κ1) is 10.7. The Morgan fingerprint density at radius 1 is 1.64 bits per heavy atom. The number of carbonyl (C=O) groups is 1. The van der Waals surface area contributed by atoms with Gasteiger partial charge in [0.05, 0.1) is 13.1 Å². The molecule has 0 radical (unpaired) electrons. The van der Waals surface area contributed by atoms with Gasteiger partial charge in [0.15, 0.2) is 0 Å². The third kappa shape index (κ3) is 3.57. The number of aryl methyl sites for hydroxylation is 1. The monoisotopic (exact) mass is 197 g/mol. The molecule has 1 heterocycles. The fourth-order valence-corrected chi connectivity index (χ4v) is 0.991. The van der Waals surface area contributed by atoms with Crippen LogP contribution in [0, 0.1) is 6.92 Å². The van der Waals surface area contributed by atoms with Gasteiger partial charge in [-0.1, -0.05) is 12.1 Å². The van der Waals surface area contributed by atoms with Crippen LogP contribution in [0.1, 0.15) is 18.4 Å². The first-order valence-electron chi connectivity index (χ1n) is 4.62. The summed E-state index contributed by atoms with van der Waals surface area (Å²) in [6, 6.07) is 1.80. The van der Waals surface area contributed by atoms with E-state index in [1.165, 1.54) is 0 Å². The normalized spacial score (nSPS) is 10.1. The quantitative estimate of drug-likeness (QED) is 0.708. The molecule has 1 rings (SSSR count). The van der Waals surface area contributed by atoms with Gasteiger partial charge in [-0.2, -0.15) is 0 Å². The SMILES string of the molecule is CCNCC(=O)NCc1cc(C)on1. The van der Waals surface area contributed by atoms with Crippen LogP contribution in [0.4, 0.5) is 0 Å². The number of hydrogen-bond acceptors (Lipinski definition) is 4. The van der Waals surface area contributed by atoms with Crippen LogP contribution in [0.5, 0.6) is 0 Å². The van der Waals surface area contributed by atoms with Crippen LogP contribution in [0.25, 0.3) is 0 Å². The highest BCUT2D eigenvalue weighted by Gasteiger charge is 2.02. The molecule has 5 heteroatoms. The van der Waals surface area contributed by atoms with Crippen LogP contribution in [-0.2, 0) is 11.3 Å². The maximum Gasteiger partial charge on any atom is 0.234 e. The van der Waals surface area contributed by atoms with Crippen molar-refractivity contribution in [1.82, 2.24) is 15.8 Å². The molecule has 78 valence electrons. The minimum absolute atomic E-state index is 0.0347. The van der Waals surface area contributed by atoms with Crippen LogP contribution >= 0.6 is 0 Å². The Hall–Kier alpha value is -1.36. The van der Waals surface area contributed by atoms with Crippen molar-refractivity contribution in [2.24, 2.45) is 0 Å². The molecule has 1 aromatic heterocycles. The highest BCUT2D eigenvalue weighted by atomic mass is 16.5. The van der Waals surface area contributed by atoms with Gasteiger partial charge in [-0.25, -0.2) is 0 Å². The number of hydrogen-bond donors (Lipinski definition) is 2. The van der Waals surface area contributed by atoms with Crippen molar-refractivity contribution >= 4 is 5.91 Å². The van der Waals surface area contributed by atoms with Crippen molar-refractivity contribution in [2.45, 2.75) is 20.4 Å². The molecule has 0 aliphatic carbocycles. The fraction of sp³-hybridized carbons (Fsp3) is 0.556. The van der Waals surface area contributed by atoms with E-state index in [1.807, 2.05) is 13.8 Å². The molecule has 0 atom stereocenters. The van der Waals surface area contributed by atoms with E-state index in [1.54, 1.807) is 6.07 Å². The summed E-state index contributed by atoms with van der Waals surface area (Å²) < 4.78 is 4.86. The maximum atomic E-state index is 11.2. The van der Waals surface area contributed by atoms with Gasteiger partial charge >= 0.3 is 0 Å². The van der Waals surface area contributed by atoms with Gasteiger partial charge in [-0.05, 0) is 13.5 Å². The smallest absolute Gasteiger partial charge is 0.234 e. The van der Waals surface area contributed by atoms with E-state index in [0.717, 1.165) is 18.0 Å². The molecule has 14 heavy (non-hydrogen) atoms. The average Bonchev–Trinajstić information content (AvgIpc) is 2.58. The second kappa shape index (κ2) is 5.39. The van der Waals surface area contributed by atoms with Crippen molar-refractivity contribution in [3.8, 4) is 0 Å². The zero-order chi connectivity index (χ0) is 10.4. The average molecular weight is 197 g/mol. The summed E-state index contributed by atoms with van der Waals surface area (Å²) >= 11 is 0. The summed E-state index contributed by atoms with van der Waals surface area (Å²) in [5.41, 5.74) is 0.743. The Kier molecular flexibility index (Phi) is 4.12. The number of nitrogens with zero attached hydrogens (tertiary/aromatic N) is 1. The van der Waals surface area contributed by atoms with E-state index in [9.17, 15) is 4.79 Å². The Balaban J connectivity index is 2.23. The van der Waals surface area contributed by atoms with Crippen molar-refractivity contribution in [3.63, 3.8) is 0 Å². The Labute approximate surface area is 82.8 Å². The Morgan fingerprint density at radius 2 is 2.43 bits per heavy atom. The predicted molar refractivity (Wildman–Crippen MR) is 51.6 cm³/mol. The summed E-state index contributed by atoms with van der Waals surface area (Å²) in [4.78, 5) is 11.2. The van der Waals surface area contributed by atoms with E-state index in [4.69, 9.17) is 4.52 Å². The molecule has 0 saturated heterocycles. The molecule has 0 aliphatic heterocycles. The standard InChI is InChI=1S/C9H15N3O2/c1-3-10-6-9(13)11-5-8-4-7(2)14-12-8/h4,10H,3,5-6H2,1-2H3,(H,11,13). The Morgan fingerprint density at radius 3 is 3.00 bits per heavy atom. The summed E-state index contributed by atoms with van der Waals surface area (Å²) in [7, 11) is 0. The minimum Gasteiger partial charge on any atom is -0.361 e. The summed E-state index contributed by atoms with van der Waals surface area (Å²) in [5.74, 6) is 0.716. The van der Waals surface area contributed by atoms with E-state index in [-0.39, 0.29) is 5.91 Å². The molecule has 2 N–H and O–H groups in total. The number of carbonyl (C=O) groups excluding carboxylic acids is 1. The molecule has 0 bridgehead atoms. The molecule has 5 nitrogen and oxygen atoms in total. The van der Waals surface area contributed by atoms with Crippen molar-refractivity contribution in [1.29, 1.82) is 0 Å². The molecule has 1 amide bonds. The van der Waals surface area contributed by atoms with Crippen LogP contribution in [0.2, 0.25) is 0 Å². The van der Waals surface area contributed by atoms with Crippen LogP contribution in [0.15, 0.2) is 10.6 Å². The third-order valence-corrected chi connectivity index (χ3v) is 1.68. The zero-order valence-electron chi connectivity index (χ0n) is 8.46. The van der Waals surface area contributed by atoms with E-state index in [2.05, 4.69) is 15.8 Å². The molecule has 0 aromatic carbocycles. The lowest BCUT2D eigenvalue weighted by molar-refractivity contribution is -0.120. The van der Waals surface area contributed by atoms with Gasteiger partial charge in [0.25, 0.3) is 0 Å².